The Morgan fingerprint density at radius 1 is 0.320 bits per heavy atom. The highest BCUT2D eigenvalue weighted by molar-refractivity contribution is 7.30. The largest absolute Gasteiger partial charge is 0.148 e. The van der Waals surface area contributed by atoms with Crippen LogP contribution in [-0.2, 0) is 0 Å². The molecule has 0 aliphatic heterocycles. The van der Waals surface area contributed by atoms with Crippen LogP contribution in [0.4, 0.5) is 0 Å². The van der Waals surface area contributed by atoms with Crippen LogP contribution in [0.2, 0.25) is 78.6 Å². The van der Waals surface area contributed by atoms with Gasteiger partial charge in [0, 0.05) is 21.5 Å². The van der Waals surface area contributed by atoms with Gasteiger partial charge in [0.15, 0.2) is 0 Å². The normalized spacial score (nSPS) is 13.2. The molecule has 6 aromatic heterocycles. The maximum absolute atomic E-state index is 5.05. The molecule has 0 bridgehead atoms. The van der Waals surface area contributed by atoms with Crippen molar-refractivity contribution in [2.24, 2.45) is 0 Å². The molecule has 0 saturated carbocycles. The molecule has 0 radical (unpaired) electrons. The van der Waals surface area contributed by atoms with E-state index in [1.165, 1.54) is 37.5 Å². The molecule has 0 saturated heterocycles. The lowest BCUT2D eigenvalue weighted by molar-refractivity contribution is 1.06. The Hall–Kier alpha value is -2.43. The van der Waals surface area contributed by atoms with Gasteiger partial charge in [-0.15, -0.1) is 65.7 Å². The predicted molar refractivity (Wildman–Crippen MR) is 238 cm³/mol. The molecule has 1 aromatic carbocycles. The minimum Gasteiger partial charge on any atom is -0.148 e. The van der Waals surface area contributed by atoms with Gasteiger partial charge in [0.05, 0.1) is 51.8 Å². The number of hydrogen-bond acceptors (Lipinski definition) is 8. The minimum absolute atomic E-state index is 0.956. The summed E-state index contributed by atoms with van der Waals surface area (Å²) in [6, 6.07) is 23.1. The maximum atomic E-state index is 5.05. The first-order valence-corrected chi connectivity index (χ1v) is 34.5. The second kappa shape index (κ2) is 12.6. The number of fused-ring (bicyclic) bond motifs is 2. The van der Waals surface area contributed by atoms with E-state index in [1.54, 1.807) is 0 Å². The maximum Gasteiger partial charge on any atom is 0.111 e. The van der Waals surface area contributed by atoms with Crippen LogP contribution in [0, 0.1) is 0 Å². The molecular formula is C38H46N4S4Si4. The van der Waals surface area contributed by atoms with Crippen LogP contribution < -0.4 is 18.0 Å². The minimum atomic E-state index is -1.49. The second-order valence-electron chi connectivity index (χ2n) is 17.4. The molecule has 0 N–H and O–H groups in total. The van der Waals surface area contributed by atoms with Gasteiger partial charge in [-0.1, -0.05) is 103 Å². The molecule has 0 aliphatic carbocycles. The third kappa shape index (κ3) is 6.78. The molecule has 0 fully saturated rings. The zero-order chi connectivity index (χ0) is 36.0. The Bertz CT molecular complexity index is 2060. The number of benzene rings is 1. The van der Waals surface area contributed by atoms with Crippen molar-refractivity contribution < 1.29 is 0 Å². The van der Waals surface area contributed by atoms with Gasteiger partial charge >= 0.3 is 0 Å². The van der Waals surface area contributed by atoms with Crippen molar-refractivity contribution in [2.45, 2.75) is 78.6 Å². The average Bonchev–Trinajstić information content (AvgIpc) is 3.83. The molecule has 0 amide bonds. The molecule has 7 aromatic rings. The van der Waals surface area contributed by atoms with Gasteiger partial charge in [0.2, 0.25) is 0 Å². The van der Waals surface area contributed by atoms with Crippen molar-refractivity contribution in [1.82, 2.24) is 20.4 Å². The fraction of sp³-hybridized carbons (Fsp3) is 0.316. The summed E-state index contributed by atoms with van der Waals surface area (Å²) in [6.45, 7) is 29.0. The summed E-state index contributed by atoms with van der Waals surface area (Å²) < 4.78 is 5.92. The topological polar surface area (TPSA) is 51.6 Å². The smallest absolute Gasteiger partial charge is 0.111 e. The van der Waals surface area contributed by atoms with Crippen LogP contribution in [0.25, 0.3) is 63.8 Å². The highest BCUT2D eigenvalue weighted by Crippen LogP contribution is 2.43. The number of nitrogens with zero attached hydrogens (tertiary/aromatic N) is 4. The summed E-state index contributed by atoms with van der Waals surface area (Å²) in [7, 11) is -5.97. The van der Waals surface area contributed by atoms with Crippen molar-refractivity contribution in [2.75, 3.05) is 0 Å². The Balaban J connectivity index is 1.57. The molecule has 7 rings (SSSR count). The van der Waals surface area contributed by atoms with E-state index < -0.39 is 32.3 Å². The lowest BCUT2D eigenvalue weighted by atomic mass is 9.98. The highest BCUT2D eigenvalue weighted by Gasteiger charge is 2.27. The summed E-state index contributed by atoms with van der Waals surface area (Å²) >= 11 is 7.54. The van der Waals surface area contributed by atoms with E-state index in [0.29, 0.717) is 0 Å². The van der Waals surface area contributed by atoms with Crippen molar-refractivity contribution in [3.05, 3.63) is 60.7 Å². The Morgan fingerprint density at radius 2 is 0.520 bits per heavy atom. The number of hydrogen-bond donors (Lipinski definition) is 0. The van der Waals surface area contributed by atoms with Crippen LogP contribution in [-0.4, -0.2) is 52.7 Å². The van der Waals surface area contributed by atoms with Crippen molar-refractivity contribution >= 4 is 117 Å². The zero-order valence-corrected chi connectivity index (χ0v) is 38.5. The van der Waals surface area contributed by atoms with Crippen LogP contribution >= 0.6 is 45.3 Å². The van der Waals surface area contributed by atoms with E-state index in [-0.39, 0.29) is 0 Å². The van der Waals surface area contributed by atoms with Crippen LogP contribution in [0.15, 0.2) is 60.7 Å². The molecule has 0 aliphatic rings. The van der Waals surface area contributed by atoms with E-state index in [0.717, 1.165) is 44.3 Å². The summed E-state index contributed by atoms with van der Waals surface area (Å²) in [5.74, 6) is 0. The fourth-order valence-corrected chi connectivity index (χ4v) is 17.6. The predicted octanol–water partition coefficient (Wildman–Crippen LogP) is 10.7. The van der Waals surface area contributed by atoms with E-state index in [1.807, 2.05) is 45.3 Å². The number of rotatable bonds is 8. The van der Waals surface area contributed by atoms with Crippen LogP contribution in [0.1, 0.15) is 0 Å². The van der Waals surface area contributed by atoms with Crippen LogP contribution in [0.5, 0.6) is 0 Å². The zero-order valence-electron chi connectivity index (χ0n) is 31.2. The van der Waals surface area contributed by atoms with Gasteiger partial charge in [-0.2, -0.15) is 0 Å². The summed E-state index contributed by atoms with van der Waals surface area (Å²) in [4.78, 5) is 4.72. The highest BCUT2D eigenvalue weighted by atomic mass is 32.1. The lowest BCUT2D eigenvalue weighted by Gasteiger charge is -2.15. The van der Waals surface area contributed by atoms with E-state index in [2.05, 4.69) is 139 Å². The van der Waals surface area contributed by atoms with E-state index in [9.17, 15) is 0 Å². The van der Waals surface area contributed by atoms with Gasteiger partial charge in [0.25, 0.3) is 0 Å². The Kier molecular flexibility index (Phi) is 9.07. The fourth-order valence-electron chi connectivity index (χ4n) is 6.00. The lowest BCUT2D eigenvalue weighted by Crippen LogP contribution is -2.34. The first-order valence-electron chi connectivity index (χ1n) is 17.2. The van der Waals surface area contributed by atoms with Gasteiger partial charge in [-0.3, -0.25) is 0 Å². The molecule has 6 heterocycles. The molecule has 0 spiro atoms. The molecule has 12 heteroatoms. The van der Waals surface area contributed by atoms with Crippen LogP contribution in [0.3, 0.4) is 0 Å². The third-order valence-electron chi connectivity index (χ3n) is 8.99. The molecule has 0 atom stereocenters. The standard InChI is InChI=1S/C38H46N4S4Si4/c1-47(2,3)31-17-13-27(43-31)35-23-21-25-26(22-24(23)36(40-39-35)28-14-18-32(44-28)48(4,5)6)38(30-16-20-34(46-30)50(10,11)12)42-41-37(25)29-15-19-33(45-29)49(7,8)9/h13-22H,1-12H3. The molecule has 4 nitrogen and oxygen atoms in total. The first-order chi connectivity index (χ1) is 23.3. The molecular weight excluding hydrogens is 753 g/mol. The SMILES string of the molecule is C[Si](C)(C)c1ccc(-c2nnc(-c3ccc([Si](C)(C)C)s3)c3cc4c(-c5ccc([Si](C)(C)C)s5)nnc(-c5ccc([Si](C)(C)C)s5)c4cc23)s1. The quantitative estimate of drug-likeness (QED) is 0.114. The van der Waals surface area contributed by atoms with Gasteiger partial charge < -0.3 is 0 Å². The van der Waals surface area contributed by atoms with Gasteiger partial charge in [0.1, 0.15) is 22.8 Å². The average molecular weight is 799 g/mol. The monoisotopic (exact) mass is 798 g/mol. The van der Waals surface area contributed by atoms with Crippen molar-refractivity contribution in [1.29, 1.82) is 0 Å². The van der Waals surface area contributed by atoms with Gasteiger partial charge in [-0.25, -0.2) is 0 Å². The molecule has 50 heavy (non-hydrogen) atoms. The second-order valence-corrected chi connectivity index (χ2v) is 43.3. The third-order valence-corrected chi connectivity index (χ3v) is 27.8. The number of aromatic nitrogens is 4. The summed E-state index contributed by atoms with van der Waals surface area (Å²) in [5.41, 5.74) is 3.82. The van der Waals surface area contributed by atoms with Gasteiger partial charge in [-0.05, 0) is 54.4 Å². The molecule has 258 valence electrons. The Labute approximate surface area is 316 Å². The summed E-state index contributed by atoms with van der Waals surface area (Å²) in [6.07, 6.45) is 0. The number of thiophene rings is 4. The van der Waals surface area contributed by atoms with E-state index in [4.69, 9.17) is 20.4 Å². The Morgan fingerprint density at radius 3 is 0.680 bits per heavy atom. The van der Waals surface area contributed by atoms with Crippen molar-refractivity contribution in [3.8, 4) is 42.3 Å². The first kappa shape index (κ1) is 35.9. The molecule has 0 unspecified atom stereocenters. The summed E-state index contributed by atoms with van der Waals surface area (Å²) in [5, 5.41) is 24.7. The van der Waals surface area contributed by atoms with E-state index >= 15 is 0 Å². The van der Waals surface area contributed by atoms with Crippen molar-refractivity contribution in [3.63, 3.8) is 0 Å².